The van der Waals surface area contributed by atoms with Crippen LogP contribution in [0.1, 0.15) is 15.2 Å². The molecule has 0 radical (unpaired) electrons. The molecule has 2 aromatic carbocycles. The lowest BCUT2D eigenvalue weighted by molar-refractivity contribution is -0.135. The number of aliphatic carboxylic acids is 1. The largest absolute Gasteiger partial charge is 0.480 e. The Morgan fingerprint density at radius 1 is 1.28 bits per heavy atom. The lowest BCUT2D eigenvalue weighted by Crippen LogP contribution is -2.38. The molecule has 32 heavy (non-hydrogen) atoms. The van der Waals surface area contributed by atoms with Crippen molar-refractivity contribution < 1.29 is 23.8 Å². The van der Waals surface area contributed by atoms with Gasteiger partial charge in [0.05, 0.1) is 22.1 Å². The summed E-state index contributed by atoms with van der Waals surface area (Å²) in [6, 6.07) is 13.1. The maximum Gasteiger partial charge on any atom is 0.323 e. The second kappa shape index (κ2) is 9.05. The van der Waals surface area contributed by atoms with Crippen LogP contribution in [0, 0.1) is 5.82 Å². The van der Waals surface area contributed by atoms with Crippen molar-refractivity contribution in [2.45, 2.75) is 6.54 Å². The normalized spacial score (nSPS) is 12.8. The number of carboxylic acid groups (broad SMARTS) is 1. The Bertz CT molecular complexity index is 1170. The molecule has 3 aromatic rings. The van der Waals surface area contributed by atoms with E-state index in [1.807, 2.05) is 6.07 Å². The maximum atomic E-state index is 14.2. The van der Waals surface area contributed by atoms with Crippen LogP contribution >= 0.6 is 22.9 Å². The highest BCUT2D eigenvalue weighted by molar-refractivity contribution is 7.16. The van der Waals surface area contributed by atoms with E-state index in [-0.39, 0.29) is 30.4 Å². The van der Waals surface area contributed by atoms with E-state index in [0.717, 1.165) is 10.9 Å². The first-order valence-electron chi connectivity index (χ1n) is 9.62. The monoisotopic (exact) mass is 475 g/mol. The second-order valence-corrected chi connectivity index (χ2v) is 8.86. The van der Waals surface area contributed by atoms with Crippen LogP contribution in [0.3, 0.4) is 0 Å². The van der Waals surface area contributed by atoms with Crippen molar-refractivity contribution in [3.05, 3.63) is 69.1 Å². The first-order valence-corrected chi connectivity index (χ1v) is 10.8. The standard InChI is InChI=1S/C22H19ClFN3O4S/c1-25-18-9-19-16(8-17(18)24)22(30)27(12-31-19)14-4-2-13(3-5-14)26(11-21(28)29)10-15-6-7-20(23)32-15/h2-9,25H,10-12H2,1H3,(H,28,29). The Balaban J connectivity index is 1.56. The van der Waals surface area contributed by atoms with E-state index in [4.69, 9.17) is 16.3 Å². The number of hydrogen-bond donors (Lipinski definition) is 2. The molecule has 0 aliphatic carbocycles. The molecule has 4 rings (SSSR count). The van der Waals surface area contributed by atoms with Crippen LogP contribution in [-0.4, -0.2) is 37.3 Å². The van der Waals surface area contributed by atoms with Gasteiger partial charge >= 0.3 is 5.97 Å². The van der Waals surface area contributed by atoms with Crippen molar-refractivity contribution in [1.29, 1.82) is 0 Å². The topological polar surface area (TPSA) is 82.1 Å². The summed E-state index contributed by atoms with van der Waals surface area (Å²) in [5.41, 5.74) is 1.62. The first-order chi connectivity index (χ1) is 15.4. The zero-order chi connectivity index (χ0) is 22.8. The van der Waals surface area contributed by atoms with E-state index >= 15 is 0 Å². The molecule has 1 aromatic heterocycles. The zero-order valence-electron chi connectivity index (χ0n) is 17.0. The fraction of sp³-hybridized carbons (Fsp3) is 0.182. The predicted octanol–water partition coefficient (Wildman–Crippen LogP) is 4.67. The molecule has 0 fully saturated rings. The van der Waals surface area contributed by atoms with Gasteiger partial charge in [-0.1, -0.05) is 11.6 Å². The highest BCUT2D eigenvalue weighted by atomic mass is 35.5. The van der Waals surface area contributed by atoms with Crippen molar-refractivity contribution >= 4 is 51.9 Å². The summed E-state index contributed by atoms with van der Waals surface area (Å²) >= 11 is 7.37. The molecule has 2 heterocycles. The Labute approximate surface area is 192 Å². The molecule has 1 aliphatic heterocycles. The molecule has 7 nitrogen and oxygen atoms in total. The molecule has 0 unspecified atom stereocenters. The summed E-state index contributed by atoms with van der Waals surface area (Å²) < 4.78 is 20.5. The number of carboxylic acids is 1. The average Bonchev–Trinajstić information content (AvgIpc) is 3.18. The van der Waals surface area contributed by atoms with Crippen molar-refractivity contribution in [3.63, 3.8) is 0 Å². The van der Waals surface area contributed by atoms with Crippen molar-refractivity contribution in [2.24, 2.45) is 0 Å². The Morgan fingerprint density at radius 2 is 2.03 bits per heavy atom. The predicted molar refractivity (Wildman–Crippen MR) is 123 cm³/mol. The fourth-order valence-electron chi connectivity index (χ4n) is 3.43. The number of halogens is 2. The molecule has 0 spiro atoms. The van der Waals surface area contributed by atoms with Crippen molar-refractivity contribution in [1.82, 2.24) is 0 Å². The quantitative estimate of drug-likeness (QED) is 0.516. The summed E-state index contributed by atoms with van der Waals surface area (Å²) in [5, 5.41) is 12.0. The number of fused-ring (bicyclic) bond motifs is 1. The van der Waals surface area contributed by atoms with Gasteiger partial charge in [0.15, 0.2) is 6.73 Å². The van der Waals surface area contributed by atoms with Crippen molar-refractivity contribution in [2.75, 3.05) is 35.4 Å². The molecule has 1 aliphatic rings. The molecular weight excluding hydrogens is 457 g/mol. The molecule has 0 bridgehead atoms. The molecule has 166 valence electrons. The van der Waals surface area contributed by atoms with E-state index in [1.165, 1.54) is 22.3 Å². The number of nitrogens with one attached hydrogen (secondary N) is 1. The van der Waals surface area contributed by atoms with Gasteiger partial charge in [-0.25, -0.2) is 4.39 Å². The number of ether oxygens (including phenoxy) is 1. The average molecular weight is 476 g/mol. The smallest absolute Gasteiger partial charge is 0.323 e. The molecule has 10 heteroatoms. The van der Waals surface area contributed by atoms with Gasteiger partial charge in [-0.3, -0.25) is 14.5 Å². The van der Waals surface area contributed by atoms with Crippen LogP contribution in [-0.2, 0) is 11.3 Å². The van der Waals surface area contributed by atoms with Gasteiger partial charge in [0.2, 0.25) is 0 Å². The van der Waals surface area contributed by atoms with Crippen LogP contribution in [0.2, 0.25) is 4.34 Å². The minimum atomic E-state index is -0.962. The summed E-state index contributed by atoms with van der Waals surface area (Å²) in [5.74, 6) is -1.57. The third-order valence-corrected chi connectivity index (χ3v) is 6.21. The zero-order valence-corrected chi connectivity index (χ0v) is 18.5. The maximum absolute atomic E-state index is 14.2. The highest BCUT2D eigenvalue weighted by Gasteiger charge is 2.28. The molecule has 0 atom stereocenters. The van der Waals surface area contributed by atoms with E-state index in [2.05, 4.69) is 5.32 Å². The van der Waals surface area contributed by atoms with Crippen LogP contribution < -0.4 is 19.9 Å². The SMILES string of the molecule is CNc1cc2c(cc1F)C(=O)N(c1ccc(N(CC(=O)O)Cc3ccc(Cl)s3)cc1)CO2. The van der Waals surface area contributed by atoms with Crippen LogP contribution in [0.15, 0.2) is 48.5 Å². The number of amides is 1. The van der Waals surface area contributed by atoms with Gasteiger partial charge < -0.3 is 20.1 Å². The summed E-state index contributed by atoms with van der Waals surface area (Å²) in [4.78, 5) is 28.3. The summed E-state index contributed by atoms with van der Waals surface area (Å²) in [6.45, 7) is 0.169. The number of carbonyl (C=O) groups is 2. The molecule has 0 saturated carbocycles. The third kappa shape index (κ3) is 4.49. The number of rotatable bonds is 7. The van der Waals surface area contributed by atoms with Gasteiger partial charge in [-0.05, 0) is 42.5 Å². The number of anilines is 3. The van der Waals surface area contributed by atoms with Crippen molar-refractivity contribution in [3.8, 4) is 5.75 Å². The van der Waals surface area contributed by atoms with Gasteiger partial charge in [-0.15, -0.1) is 11.3 Å². The lowest BCUT2D eigenvalue weighted by Gasteiger charge is -2.30. The van der Waals surface area contributed by atoms with Gasteiger partial charge in [0.25, 0.3) is 5.91 Å². The lowest BCUT2D eigenvalue weighted by atomic mass is 10.1. The number of thiophene rings is 1. The second-order valence-electron chi connectivity index (χ2n) is 7.06. The van der Waals surface area contributed by atoms with Crippen LogP contribution in [0.25, 0.3) is 0 Å². The van der Waals surface area contributed by atoms with Gasteiger partial charge in [-0.2, -0.15) is 0 Å². The van der Waals surface area contributed by atoms with E-state index in [9.17, 15) is 19.1 Å². The number of benzene rings is 2. The Hall–Kier alpha value is -3.30. The minimum Gasteiger partial charge on any atom is -0.480 e. The molecule has 0 saturated heterocycles. The van der Waals surface area contributed by atoms with E-state index < -0.39 is 11.8 Å². The van der Waals surface area contributed by atoms with E-state index in [0.29, 0.717) is 28.0 Å². The summed E-state index contributed by atoms with van der Waals surface area (Å²) in [6.07, 6.45) is 0. The highest BCUT2D eigenvalue weighted by Crippen LogP contribution is 2.33. The molecular formula is C22H19ClFN3O4S. The molecule has 2 N–H and O–H groups in total. The first kappa shape index (κ1) is 21.9. The Kier molecular flexibility index (Phi) is 6.20. The number of carbonyl (C=O) groups excluding carboxylic acids is 1. The fourth-order valence-corrected chi connectivity index (χ4v) is 4.53. The summed E-state index contributed by atoms with van der Waals surface area (Å²) in [7, 11) is 1.59. The minimum absolute atomic E-state index is 0.0213. The number of hydrogen-bond acceptors (Lipinski definition) is 6. The van der Waals surface area contributed by atoms with Gasteiger partial charge in [0, 0.05) is 29.4 Å². The molecule has 1 amide bonds. The van der Waals surface area contributed by atoms with Crippen LogP contribution in [0.5, 0.6) is 5.75 Å². The van der Waals surface area contributed by atoms with Gasteiger partial charge in [0.1, 0.15) is 18.1 Å². The number of nitrogens with zero attached hydrogens (tertiary/aromatic N) is 2. The Morgan fingerprint density at radius 3 is 2.66 bits per heavy atom. The third-order valence-electron chi connectivity index (χ3n) is 4.99. The van der Waals surface area contributed by atoms with E-state index in [1.54, 1.807) is 42.3 Å². The van der Waals surface area contributed by atoms with Crippen LogP contribution in [0.4, 0.5) is 21.5 Å².